The van der Waals surface area contributed by atoms with Crippen molar-refractivity contribution in [2.75, 3.05) is 14.2 Å². The molecule has 1 aromatic carbocycles. The van der Waals surface area contributed by atoms with E-state index in [9.17, 15) is 9.90 Å². The van der Waals surface area contributed by atoms with E-state index in [1.54, 1.807) is 29.2 Å². The summed E-state index contributed by atoms with van der Waals surface area (Å²) < 4.78 is 12.3. The number of aromatic amines is 1. The maximum absolute atomic E-state index is 11.6. The van der Waals surface area contributed by atoms with Gasteiger partial charge in [0.1, 0.15) is 28.9 Å². The van der Waals surface area contributed by atoms with Crippen LogP contribution >= 0.6 is 0 Å². The number of hydrogen-bond acceptors (Lipinski definition) is 6. The van der Waals surface area contributed by atoms with Crippen LogP contribution in [0, 0.1) is 0 Å². The Bertz CT molecular complexity index is 1190. The monoisotopic (exact) mass is 393 g/mol. The summed E-state index contributed by atoms with van der Waals surface area (Å²) in [6.07, 6.45) is 6.05. The maximum Gasteiger partial charge on any atom is 0.343 e. The van der Waals surface area contributed by atoms with Crippen molar-refractivity contribution < 1.29 is 19.4 Å². The summed E-state index contributed by atoms with van der Waals surface area (Å²) in [6, 6.07) is 5.19. The van der Waals surface area contributed by atoms with Gasteiger partial charge >= 0.3 is 5.97 Å². The molecule has 0 bridgehead atoms. The van der Waals surface area contributed by atoms with Gasteiger partial charge in [0, 0.05) is 35.7 Å². The van der Waals surface area contributed by atoms with E-state index in [4.69, 9.17) is 9.47 Å². The van der Waals surface area contributed by atoms with Crippen LogP contribution in [0.4, 0.5) is 0 Å². The minimum absolute atomic E-state index is 0.0366. The molecule has 0 spiro atoms. The molecule has 29 heavy (non-hydrogen) atoms. The van der Waals surface area contributed by atoms with Gasteiger partial charge in [-0.2, -0.15) is 5.10 Å². The van der Waals surface area contributed by atoms with Crippen LogP contribution in [0.2, 0.25) is 0 Å². The van der Waals surface area contributed by atoms with Gasteiger partial charge in [0.15, 0.2) is 5.65 Å². The zero-order valence-corrected chi connectivity index (χ0v) is 16.1. The molecule has 0 aliphatic heterocycles. The van der Waals surface area contributed by atoms with Crippen LogP contribution in [0.1, 0.15) is 23.0 Å². The minimum atomic E-state index is -1.13. The van der Waals surface area contributed by atoms with E-state index < -0.39 is 5.97 Å². The molecular weight excluding hydrogens is 374 g/mol. The summed E-state index contributed by atoms with van der Waals surface area (Å²) in [7, 11) is 2.83. The lowest BCUT2D eigenvalue weighted by molar-refractivity contribution is 0.0689. The summed E-state index contributed by atoms with van der Waals surface area (Å²) in [5, 5.41) is 16.6. The lowest BCUT2D eigenvalue weighted by atomic mass is 10.1. The molecule has 0 atom stereocenters. The van der Waals surface area contributed by atoms with E-state index in [-0.39, 0.29) is 17.1 Å². The molecule has 0 saturated heterocycles. The average Bonchev–Trinajstić information content (AvgIpc) is 3.38. The van der Waals surface area contributed by atoms with Crippen molar-refractivity contribution in [1.82, 2.24) is 24.7 Å². The molecule has 0 amide bonds. The Morgan fingerprint density at radius 2 is 1.90 bits per heavy atom. The Hall–Kier alpha value is -3.88. The van der Waals surface area contributed by atoms with Gasteiger partial charge in [-0.3, -0.25) is 9.67 Å². The Morgan fingerprint density at radius 1 is 1.17 bits per heavy atom. The number of nitrogens with zero attached hydrogens (tertiary/aromatic N) is 4. The maximum atomic E-state index is 11.6. The van der Waals surface area contributed by atoms with Crippen LogP contribution in [0.25, 0.3) is 28.0 Å². The van der Waals surface area contributed by atoms with Crippen molar-refractivity contribution in [3.8, 4) is 28.3 Å². The fourth-order valence-corrected chi connectivity index (χ4v) is 3.32. The summed E-state index contributed by atoms with van der Waals surface area (Å²) in [6.45, 7) is 2.04. The Labute approximate surface area is 165 Å². The highest BCUT2D eigenvalue weighted by Crippen LogP contribution is 2.33. The zero-order valence-electron chi connectivity index (χ0n) is 16.1. The SMILES string of the molecule is CCc1n[nH]cc1-c1cnc2c(c1)ncn2-c1cc(OC)c(C(=O)O)c(OC)c1. The fraction of sp³-hybridized carbons (Fsp3) is 0.200. The quantitative estimate of drug-likeness (QED) is 0.517. The third kappa shape index (κ3) is 3.06. The number of fused-ring (bicyclic) bond motifs is 1. The number of nitrogens with one attached hydrogen (secondary N) is 1. The van der Waals surface area contributed by atoms with Crippen molar-refractivity contribution in [3.05, 3.63) is 48.2 Å². The first-order valence-electron chi connectivity index (χ1n) is 8.93. The standard InChI is InChI=1S/C20H19N5O4/c1-4-14-13(9-23-24-14)11-5-15-19(21-8-11)25(10-22-15)12-6-16(28-2)18(20(26)27)17(7-12)29-3/h5-10H,4H2,1-3H3,(H,23,24)(H,26,27). The number of carbonyl (C=O) groups is 1. The van der Waals surface area contributed by atoms with Gasteiger partial charge in [0.2, 0.25) is 0 Å². The molecule has 148 valence electrons. The number of hydrogen-bond donors (Lipinski definition) is 2. The first-order valence-corrected chi connectivity index (χ1v) is 8.93. The number of aromatic nitrogens is 5. The summed E-state index contributed by atoms with van der Waals surface area (Å²) in [4.78, 5) is 20.6. The van der Waals surface area contributed by atoms with Crippen LogP contribution in [0.5, 0.6) is 11.5 Å². The Kier molecular flexibility index (Phi) is 4.63. The van der Waals surface area contributed by atoms with E-state index >= 15 is 0 Å². The molecular formula is C20H19N5O4. The highest BCUT2D eigenvalue weighted by atomic mass is 16.5. The van der Waals surface area contributed by atoms with Gasteiger partial charge in [0.05, 0.1) is 25.6 Å². The second-order valence-electron chi connectivity index (χ2n) is 6.31. The number of imidazole rings is 1. The average molecular weight is 393 g/mol. The van der Waals surface area contributed by atoms with Crippen LogP contribution in [0.15, 0.2) is 36.9 Å². The van der Waals surface area contributed by atoms with Crippen LogP contribution in [-0.2, 0) is 6.42 Å². The number of methoxy groups -OCH3 is 2. The van der Waals surface area contributed by atoms with E-state index in [0.29, 0.717) is 16.9 Å². The van der Waals surface area contributed by atoms with Crippen molar-refractivity contribution in [3.63, 3.8) is 0 Å². The number of pyridine rings is 1. The molecule has 0 fully saturated rings. The fourth-order valence-electron chi connectivity index (χ4n) is 3.32. The molecule has 4 aromatic rings. The molecule has 0 aliphatic carbocycles. The van der Waals surface area contributed by atoms with E-state index in [1.165, 1.54) is 14.2 Å². The first kappa shape index (κ1) is 18.5. The Morgan fingerprint density at radius 3 is 2.52 bits per heavy atom. The van der Waals surface area contributed by atoms with Gasteiger partial charge in [-0.1, -0.05) is 6.92 Å². The molecule has 9 heteroatoms. The first-order chi connectivity index (χ1) is 14.1. The van der Waals surface area contributed by atoms with Gasteiger partial charge < -0.3 is 14.6 Å². The van der Waals surface area contributed by atoms with E-state index in [1.807, 2.05) is 19.2 Å². The lowest BCUT2D eigenvalue weighted by Gasteiger charge is -2.13. The predicted molar refractivity (Wildman–Crippen MR) is 106 cm³/mol. The molecule has 4 rings (SSSR count). The van der Waals surface area contributed by atoms with Crippen LogP contribution < -0.4 is 9.47 Å². The minimum Gasteiger partial charge on any atom is -0.496 e. The van der Waals surface area contributed by atoms with Crippen molar-refractivity contribution >= 4 is 17.1 Å². The number of aryl methyl sites for hydroxylation is 1. The van der Waals surface area contributed by atoms with Crippen molar-refractivity contribution in [2.24, 2.45) is 0 Å². The third-order valence-electron chi connectivity index (χ3n) is 4.74. The largest absolute Gasteiger partial charge is 0.496 e. The molecule has 3 aromatic heterocycles. The second kappa shape index (κ2) is 7.27. The molecule has 0 unspecified atom stereocenters. The number of carboxylic acids is 1. The van der Waals surface area contributed by atoms with Gasteiger partial charge in [0.25, 0.3) is 0 Å². The number of benzene rings is 1. The van der Waals surface area contributed by atoms with Gasteiger partial charge in [-0.05, 0) is 12.5 Å². The molecule has 0 saturated carbocycles. The number of H-pyrrole nitrogens is 1. The Balaban J connectivity index is 1.84. The zero-order chi connectivity index (χ0) is 20.5. The summed E-state index contributed by atoms with van der Waals surface area (Å²) >= 11 is 0. The number of aromatic carboxylic acids is 1. The number of carboxylic acid groups (broad SMARTS) is 1. The summed E-state index contributed by atoms with van der Waals surface area (Å²) in [5.74, 6) is -0.747. The smallest absolute Gasteiger partial charge is 0.343 e. The van der Waals surface area contributed by atoms with Gasteiger partial charge in [-0.25, -0.2) is 14.8 Å². The molecule has 0 aliphatic rings. The van der Waals surface area contributed by atoms with Crippen LogP contribution in [0.3, 0.4) is 0 Å². The van der Waals surface area contributed by atoms with Crippen LogP contribution in [-0.4, -0.2) is 50.0 Å². The summed E-state index contributed by atoms with van der Waals surface area (Å²) in [5.41, 5.74) is 4.79. The van der Waals surface area contributed by atoms with E-state index in [2.05, 4.69) is 20.2 Å². The molecule has 3 heterocycles. The normalized spacial score (nSPS) is 11.0. The molecule has 9 nitrogen and oxygen atoms in total. The molecule has 0 radical (unpaired) electrons. The highest BCUT2D eigenvalue weighted by Gasteiger charge is 2.20. The second-order valence-corrected chi connectivity index (χ2v) is 6.31. The highest BCUT2D eigenvalue weighted by molar-refractivity contribution is 5.95. The predicted octanol–water partition coefficient (Wildman–Crippen LogP) is 3.09. The van der Waals surface area contributed by atoms with Gasteiger partial charge in [-0.15, -0.1) is 0 Å². The topological polar surface area (TPSA) is 115 Å². The van der Waals surface area contributed by atoms with Crippen molar-refractivity contribution in [2.45, 2.75) is 13.3 Å². The molecule has 2 N–H and O–H groups in total. The van der Waals surface area contributed by atoms with E-state index in [0.717, 1.165) is 23.2 Å². The number of ether oxygens (including phenoxy) is 2. The lowest BCUT2D eigenvalue weighted by Crippen LogP contribution is -2.06. The van der Waals surface area contributed by atoms with Crippen molar-refractivity contribution in [1.29, 1.82) is 0 Å². The third-order valence-corrected chi connectivity index (χ3v) is 4.74. The number of rotatable bonds is 6.